The quantitative estimate of drug-likeness (QED) is 0.796. The maximum Gasteiger partial charge on any atom is 0.335 e. The van der Waals surface area contributed by atoms with Crippen molar-refractivity contribution < 1.29 is 9.90 Å². The topological polar surface area (TPSA) is 37.3 Å². The molecule has 76 valence electrons. The Labute approximate surface area is 84.6 Å². The Hall–Kier alpha value is -1.31. The number of hydrogen-bond acceptors (Lipinski definition) is 1. The first-order chi connectivity index (χ1) is 6.69. The van der Waals surface area contributed by atoms with Crippen LogP contribution in [0, 0.1) is 0 Å². The molecule has 2 heteroatoms. The average molecular weight is 192 g/mol. The van der Waals surface area contributed by atoms with E-state index in [1.165, 1.54) is 5.56 Å². The molecule has 0 unspecified atom stereocenters. The lowest BCUT2D eigenvalue weighted by atomic mass is 10.00. The van der Waals surface area contributed by atoms with E-state index >= 15 is 0 Å². The van der Waals surface area contributed by atoms with Gasteiger partial charge in [0.1, 0.15) is 0 Å². The molecule has 0 bridgehead atoms. The Balaban J connectivity index is 3.05. The Morgan fingerprint density at radius 3 is 2.57 bits per heavy atom. The average Bonchev–Trinajstić information content (AvgIpc) is 2.17. The molecule has 0 aliphatic heterocycles. The van der Waals surface area contributed by atoms with E-state index in [9.17, 15) is 4.79 Å². The second kappa shape index (κ2) is 4.80. The van der Waals surface area contributed by atoms with Gasteiger partial charge in [-0.3, -0.25) is 0 Å². The van der Waals surface area contributed by atoms with Gasteiger partial charge in [0.2, 0.25) is 0 Å². The first-order valence-corrected chi connectivity index (χ1v) is 5.04. The van der Waals surface area contributed by atoms with E-state index < -0.39 is 5.97 Å². The van der Waals surface area contributed by atoms with Gasteiger partial charge in [-0.25, -0.2) is 4.79 Å². The number of aromatic carboxylic acids is 1. The number of rotatable bonds is 4. The maximum absolute atomic E-state index is 10.8. The molecule has 0 saturated carbocycles. The highest BCUT2D eigenvalue weighted by atomic mass is 16.4. The number of carboxylic acid groups (broad SMARTS) is 1. The van der Waals surface area contributed by atoms with Gasteiger partial charge < -0.3 is 5.11 Å². The largest absolute Gasteiger partial charge is 0.478 e. The van der Waals surface area contributed by atoms with Crippen molar-refractivity contribution in [3.05, 3.63) is 34.9 Å². The first-order valence-electron chi connectivity index (χ1n) is 5.04. The van der Waals surface area contributed by atoms with E-state index in [2.05, 4.69) is 6.92 Å². The van der Waals surface area contributed by atoms with Gasteiger partial charge in [-0.15, -0.1) is 0 Å². The predicted molar refractivity (Wildman–Crippen MR) is 56.8 cm³/mol. The lowest BCUT2D eigenvalue weighted by Gasteiger charge is -2.06. The van der Waals surface area contributed by atoms with Gasteiger partial charge in [0, 0.05) is 0 Å². The molecule has 2 nitrogen and oxygen atoms in total. The normalized spacial score (nSPS) is 10.1. The summed E-state index contributed by atoms with van der Waals surface area (Å²) in [5, 5.41) is 8.92. The SMILES string of the molecule is CCCc1ccc(C(=O)O)c(CC)c1. The van der Waals surface area contributed by atoms with Crippen LogP contribution in [-0.2, 0) is 12.8 Å². The highest BCUT2D eigenvalue weighted by Crippen LogP contribution is 2.14. The predicted octanol–water partition coefficient (Wildman–Crippen LogP) is 2.90. The summed E-state index contributed by atoms with van der Waals surface area (Å²) in [7, 11) is 0. The van der Waals surface area contributed by atoms with E-state index in [4.69, 9.17) is 5.11 Å². The van der Waals surface area contributed by atoms with Crippen LogP contribution >= 0.6 is 0 Å². The molecule has 1 aromatic carbocycles. The summed E-state index contributed by atoms with van der Waals surface area (Å²) < 4.78 is 0. The monoisotopic (exact) mass is 192 g/mol. The lowest BCUT2D eigenvalue weighted by Crippen LogP contribution is -2.02. The standard InChI is InChI=1S/C12H16O2/c1-3-5-9-6-7-11(12(13)14)10(4-2)8-9/h6-8H,3-5H2,1-2H3,(H,13,14). The van der Waals surface area contributed by atoms with E-state index in [0.717, 1.165) is 24.8 Å². The van der Waals surface area contributed by atoms with Crippen molar-refractivity contribution in [2.45, 2.75) is 33.1 Å². The molecule has 0 atom stereocenters. The molecule has 14 heavy (non-hydrogen) atoms. The molecule has 0 heterocycles. The number of benzene rings is 1. The van der Waals surface area contributed by atoms with Gasteiger partial charge in [-0.05, 0) is 30.0 Å². The zero-order chi connectivity index (χ0) is 10.6. The Morgan fingerprint density at radius 1 is 1.36 bits per heavy atom. The minimum absolute atomic E-state index is 0.437. The van der Waals surface area contributed by atoms with E-state index in [1.807, 2.05) is 19.1 Å². The summed E-state index contributed by atoms with van der Waals surface area (Å²) in [5.74, 6) is -0.829. The van der Waals surface area contributed by atoms with Crippen molar-refractivity contribution in [1.82, 2.24) is 0 Å². The molecule has 0 saturated heterocycles. The zero-order valence-corrected chi connectivity index (χ0v) is 8.71. The second-order valence-electron chi connectivity index (χ2n) is 3.40. The van der Waals surface area contributed by atoms with Crippen LogP contribution in [0.25, 0.3) is 0 Å². The molecule has 0 aromatic heterocycles. The highest BCUT2D eigenvalue weighted by molar-refractivity contribution is 5.89. The fourth-order valence-corrected chi connectivity index (χ4v) is 1.59. The Bertz CT molecular complexity index is 329. The molecular formula is C12H16O2. The van der Waals surface area contributed by atoms with Gasteiger partial charge in [0.05, 0.1) is 5.56 Å². The van der Waals surface area contributed by atoms with Crippen LogP contribution in [0.15, 0.2) is 18.2 Å². The van der Waals surface area contributed by atoms with Crippen LogP contribution in [0.5, 0.6) is 0 Å². The number of aryl methyl sites for hydroxylation is 2. The zero-order valence-electron chi connectivity index (χ0n) is 8.71. The molecule has 0 aliphatic carbocycles. The third-order valence-electron chi connectivity index (χ3n) is 2.32. The van der Waals surface area contributed by atoms with Crippen LogP contribution in [-0.4, -0.2) is 11.1 Å². The summed E-state index contributed by atoms with van der Waals surface area (Å²) in [4.78, 5) is 10.8. The van der Waals surface area contributed by atoms with E-state index in [1.54, 1.807) is 6.07 Å². The van der Waals surface area contributed by atoms with Gasteiger partial charge in [-0.2, -0.15) is 0 Å². The summed E-state index contributed by atoms with van der Waals surface area (Å²) in [6, 6.07) is 5.63. The first kappa shape index (κ1) is 10.8. The second-order valence-corrected chi connectivity index (χ2v) is 3.40. The third kappa shape index (κ3) is 2.34. The van der Waals surface area contributed by atoms with Crippen molar-refractivity contribution in [1.29, 1.82) is 0 Å². The summed E-state index contributed by atoms with van der Waals surface area (Å²) in [5.41, 5.74) is 2.60. The minimum atomic E-state index is -0.829. The van der Waals surface area contributed by atoms with Crippen LogP contribution in [0.3, 0.4) is 0 Å². The summed E-state index contributed by atoms with van der Waals surface area (Å²) in [6.07, 6.45) is 2.89. The van der Waals surface area contributed by atoms with Crippen molar-refractivity contribution in [3.8, 4) is 0 Å². The maximum atomic E-state index is 10.8. The molecule has 0 amide bonds. The minimum Gasteiger partial charge on any atom is -0.478 e. The highest BCUT2D eigenvalue weighted by Gasteiger charge is 2.08. The molecule has 0 radical (unpaired) electrons. The Morgan fingerprint density at radius 2 is 2.07 bits per heavy atom. The van der Waals surface area contributed by atoms with Crippen LogP contribution in [0.4, 0.5) is 0 Å². The molecule has 0 aliphatic rings. The van der Waals surface area contributed by atoms with Crippen LogP contribution < -0.4 is 0 Å². The van der Waals surface area contributed by atoms with E-state index in [-0.39, 0.29) is 0 Å². The van der Waals surface area contributed by atoms with Gasteiger partial charge >= 0.3 is 5.97 Å². The van der Waals surface area contributed by atoms with Crippen molar-refractivity contribution >= 4 is 5.97 Å². The number of carboxylic acids is 1. The Kier molecular flexibility index (Phi) is 3.69. The molecule has 0 fully saturated rings. The van der Waals surface area contributed by atoms with Crippen LogP contribution in [0.1, 0.15) is 41.8 Å². The molecule has 1 rings (SSSR count). The van der Waals surface area contributed by atoms with E-state index in [0.29, 0.717) is 5.56 Å². The molecule has 1 aromatic rings. The van der Waals surface area contributed by atoms with Gasteiger partial charge in [-0.1, -0.05) is 32.4 Å². The summed E-state index contributed by atoms with van der Waals surface area (Å²) >= 11 is 0. The molecular weight excluding hydrogens is 176 g/mol. The van der Waals surface area contributed by atoms with Crippen molar-refractivity contribution in [3.63, 3.8) is 0 Å². The number of carbonyl (C=O) groups is 1. The van der Waals surface area contributed by atoms with Crippen molar-refractivity contribution in [2.24, 2.45) is 0 Å². The third-order valence-corrected chi connectivity index (χ3v) is 2.32. The van der Waals surface area contributed by atoms with Crippen LogP contribution in [0.2, 0.25) is 0 Å². The number of hydrogen-bond donors (Lipinski definition) is 1. The molecule has 0 spiro atoms. The fourth-order valence-electron chi connectivity index (χ4n) is 1.59. The lowest BCUT2D eigenvalue weighted by molar-refractivity contribution is 0.0695. The smallest absolute Gasteiger partial charge is 0.335 e. The van der Waals surface area contributed by atoms with Gasteiger partial charge in [0.25, 0.3) is 0 Å². The molecule has 1 N–H and O–H groups in total. The van der Waals surface area contributed by atoms with Gasteiger partial charge in [0.15, 0.2) is 0 Å². The van der Waals surface area contributed by atoms with Crippen molar-refractivity contribution in [2.75, 3.05) is 0 Å². The fraction of sp³-hybridized carbons (Fsp3) is 0.417. The summed E-state index contributed by atoms with van der Waals surface area (Å²) in [6.45, 7) is 4.11.